The average Bonchev–Trinajstić information content (AvgIpc) is 2.97. The van der Waals surface area contributed by atoms with E-state index in [1.165, 1.54) is 12.1 Å². The molecule has 1 heterocycles. The second kappa shape index (κ2) is 6.83. The molecule has 0 aliphatic carbocycles. The normalized spacial score (nSPS) is 17.2. The molecule has 0 saturated carbocycles. The highest BCUT2D eigenvalue weighted by Crippen LogP contribution is 2.26. The summed E-state index contributed by atoms with van der Waals surface area (Å²) in [6.07, 6.45) is 0.149. The number of hydrogen-bond donors (Lipinski definition) is 0. The van der Waals surface area contributed by atoms with Gasteiger partial charge in [-0.2, -0.15) is 0 Å². The van der Waals surface area contributed by atoms with Crippen molar-refractivity contribution in [2.24, 2.45) is 5.92 Å². The van der Waals surface area contributed by atoms with Gasteiger partial charge in [0, 0.05) is 18.7 Å². The van der Waals surface area contributed by atoms with E-state index in [0.29, 0.717) is 12.1 Å². The second-order valence-corrected chi connectivity index (χ2v) is 5.98. The summed E-state index contributed by atoms with van der Waals surface area (Å²) in [4.78, 5) is 26.0. The first kappa shape index (κ1) is 16.2. The molecule has 0 aromatic heterocycles. The zero-order chi connectivity index (χ0) is 17.1. The third-order valence-corrected chi connectivity index (χ3v) is 4.10. The lowest BCUT2D eigenvalue weighted by Gasteiger charge is -2.16. The maximum Gasteiger partial charge on any atom is 0.311 e. The molecular weight excluding hydrogens is 309 g/mol. The number of anilines is 1. The average molecular weight is 327 g/mol. The second-order valence-electron chi connectivity index (χ2n) is 5.98. The predicted octanol–water partition coefficient (Wildman–Crippen LogP) is 3.23. The zero-order valence-corrected chi connectivity index (χ0v) is 13.4. The van der Waals surface area contributed by atoms with Crippen LogP contribution in [0.2, 0.25) is 0 Å². The fraction of sp³-hybridized carbons (Fsp3) is 0.263. The van der Waals surface area contributed by atoms with Gasteiger partial charge in [-0.05, 0) is 36.8 Å². The van der Waals surface area contributed by atoms with Gasteiger partial charge < -0.3 is 9.64 Å². The van der Waals surface area contributed by atoms with E-state index in [2.05, 4.69) is 0 Å². The molecule has 124 valence electrons. The smallest absolute Gasteiger partial charge is 0.311 e. The Bertz CT molecular complexity index is 740. The largest absolute Gasteiger partial charge is 0.461 e. The van der Waals surface area contributed by atoms with E-state index in [9.17, 15) is 14.0 Å². The van der Waals surface area contributed by atoms with E-state index < -0.39 is 11.9 Å². The van der Waals surface area contributed by atoms with E-state index in [-0.39, 0.29) is 24.8 Å². The van der Waals surface area contributed by atoms with Crippen molar-refractivity contribution in [3.63, 3.8) is 0 Å². The van der Waals surface area contributed by atoms with Crippen LogP contribution in [0.3, 0.4) is 0 Å². The molecule has 1 fully saturated rings. The molecule has 0 bridgehead atoms. The van der Waals surface area contributed by atoms with Crippen molar-refractivity contribution in [1.29, 1.82) is 0 Å². The number of nitrogens with zero attached hydrogens (tertiary/aromatic N) is 1. The lowest BCUT2D eigenvalue weighted by Crippen LogP contribution is -2.26. The van der Waals surface area contributed by atoms with Crippen LogP contribution in [-0.4, -0.2) is 18.4 Å². The number of hydrogen-bond acceptors (Lipinski definition) is 3. The van der Waals surface area contributed by atoms with E-state index >= 15 is 0 Å². The number of halogens is 1. The SMILES string of the molecule is Cc1ccc(N2CC(C(=O)OCc3ccc(F)cc3)CC2=O)cc1. The Morgan fingerprint density at radius 2 is 1.83 bits per heavy atom. The number of benzene rings is 2. The van der Waals surface area contributed by atoms with Crippen molar-refractivity contribution in [2.75, 3.05) is 11.4 Å². The van der Waals surface area contributed by atoms with Crippen LogP contribution < -0.4 is 4.90 Å². The first-order chi connectivity index (χ1) is 11.5. The molecule has 1 aliphatic heterocycles. The van der Waals surface area contributed by atoms with Crippen LogP contribution in [0, 0.1) is 18.7 Å². The summed E-state index contributed by atoms with van der Waals surface area (Å²) < 4.78 is 18.1. The van der Waals surface area contributed by atoms with Crippen molar-refractivity contribution >= 4 is 17.6 Å². The molecule has 1 saturated heterocycles. The highest BCUT2D eigenvalue weighted by Gasteiger charge is 2.36. The van der Waals surface area contributed by atoms with Crippen molar-refractivity contribution < 1.29 is 18.7 Å². The summed E-state index contributed by atoms with van der Waals surface area (Å²) in [5, 5.41) is 0. The summed E-state index contributed by atoms with van der Waals surface area (Å²) in [5.41, 5.74) is 2.62. The zero-order valence-electron chi connectivity index (χ0n) is 13.4. The van der Waals surface area contributed by atoms with Gasteiger partial charge in [-0.3, -0.25) is 9.59 Å². The minimum atomic E-state index is -0.473. The first-order valence-electron chi connectivity index (χ1n) is 7.81. The molecule has 3 rings (SSSR count). The van der Waals surface area contributed by atoms with Crippen molar-refractivity contribution in [3.05, 3.63) is 65.5 Å². The van der Waals surface area contributed by atoms with E-state index in [0.717, 1.165) is 11.3 Å². The van der Waals surface area contributed by atoms with Crippen LogP contribution in [0.25, 0.3) is 0 Å². The van der Waals surface area contributed by atoms with Gasteiger partial charge in [0.1, 0.15) is 12.4 Å². The van der Waals surface area contributed by atoms with Gasteiger partial charge in [0.2, 0.25) is 5.91 Å². The topological polar surface area (TPSA) is 46.6 Å². The van der Waals surface area contributed by atoms with Gasteiger partial charge in [0.15, 0.2) is 0 Å². The van der Waals surface area contributed by atoms with Crippen molar-refractivity contribution in [3.8, 4) is 0 Å². The molecular formula is C19H18FNO3. The van der Waals surface area contributed by atoms with Gasteiger partial charge in [0.05, 0.1) is 5.92 Å². The van der Waals surface area contributed by atoms with Crippen molar-refractivity contribution in [2.45, 2.75) is 20.0 Å². The van der Waals surface area contributed by atoms with Gasteiger partial charge in [-0.1, -0.05) is 29.8 Å². The summed E-state index contributed by atoms with van der Waals surface area (Å²) in [6, 6.07) is 13.4. The third kappa shape index (κ3) is 3.62. The quantitative estimate of drug-likeness (QED) is 0.810. The van der Waals surface area contributed by atoms with Crippen LogP contribution in [0.1, 0.15) is 17.5 Å². The van der Waals surface area contributed by atoms with Gasteiger partial charge >= 0.3 is 5.97 Å². The maximum atomic E-state index is 12.9. The minimum Gasteiger partial charge on any atom is -0.461 e. The fourth-order valence-electron chi connectivity index (χ4n) is 2.69. The Morgan fingerprint density at radius 1 is 1.17 bits per heavy atom. The van der Waals surface area contributed by atoms with Gasteiger partial charge in [0.25, 0.3) is 0 Å². The Kier molecular flexibility index (Phi) is 4.60. The molecule has 2 aromatic carbocycles. The maximum absolute atomic E-state index is 12.9. The monoisotopic (exact) mass is 327 g/mol. The molecule has 2 aromatic rings. The van der Waals surface area contributed by atoms with Crippen LogP contribution in [0.5, 0.6) is 0 Å². The number of rotatable bonds is 4. The molecule has 0 radical (unpaired) electrons. The molecule has 1 atom stereocenters. The molecule has 1 aliphatic rings. The highest BCUT2D eigenvalue weighted by atomic mass is 19.1. The first-order valence-corrected chi connectivity index (χ1v) is 7.81. The van der Waals surface area contributed by atoms with Gasteiger partial charge in [-0.25, -0.2) is 4.39 Å². The summed E-state index contributed by atoms with van der Waals surface area (Å²) >= 11 is 0. The van der Waals surface area contributed by atoms with E-state index in [1.807, 2.05) is 31.2 Å². The Morgan fingerprint density at radius 3 is 2.50 bits per heavy atom. The summed E-state index contributed by atoms with van der Waals surface area (Å²) in [5.74, 6) is -1.29. The molecule has 0 N–H and O–H groups in total. The third-order valence-electron chi connectivity index (χ3n) is 4.10. The van der Waals surface area contributed by atoms with Crippen LogP contribution in [-0.2, 0) is 20.9 Å². The van der Waals surface area contributed by atoms with Gasteiger partial charge in [-0.15, -0.1) is 0 Å². The predicted molar refractivity (Wildman–Crippen MR) is 87.8 cm³/mol. The summed E-state index contributed by atoms with van der Waals surface area (Å²) in [6.45, 7) is 2.38. The molecule has 1 unspecified atom stereocenters. The number of aryl methyl sites for hydroxylation is 1. The molecule has 0 spiro atoms. The Hall–Kier alpha value is -2.69. The fourth-order valence-corrected chi connectivity index (χ4v) is 2.69. The van der Waals surface area contributed by atoms with Crippen molar-refractivity contribution in [1.82, 2.24) is 0 Å². The van der Waals surface area contributed by atoms with E-state index in [1.54, 1.807) is 17.0 Å². The van der Waals surface area contributed by atoms with Crippen LogP contribution in [0.4, 0.5) is 10.1 Å². The molecule has 1 amide bonds. The number of carbonyl (C=O) groups is 2. The Balaban J connectivity index is 1.59. The molecule has 24 heavy (non-hydrogen) atoms. The standard InChI is InChI=1S/C19H18FNO3/c1-13-2-8-17(9-3-13)21-11-15(10-18(21)22)19(23)24-12-14-4-6-16(20)7-5-14/h2-9,15H,10-12H2,1H3. The lowest BCUT2D eigenvalue weighted by atomic mass is 10.1. The number of ether oxygens (including phenoxy) is 1. The van der Waals surface area contributed by atoms with Crippen LogP contribution >= 0.6 is 0 Å². The number of esters is 1. The Labute approximate surface area is 139 Å². The lowest BCUT2D eigenvalue weighted by molar-refractivity contribution is -0.149. The highest BCUT2D eigenvalue weighted by molar-refractivity contribution is 5.99. The minimum absolute atomic E-state index is 0.0777. The number of amides is 1. The van der Waals surface area contributed by atoms with E-state index in [4.69, 9.17) is 4.74 Å². The molecule has 4 nitrogen and oxygen atoms in total. The number of carbonyl (C=O) groups excluding carboxylic acids is 2. The molecule has 5 heteroatoms. The summed E-state index contributed by atoms with van der Waals surface area (Å²) in [7, 11) is 0. The van der Waals surface area contributed by atoms with Crippen LogP contribution in [0.15, 0.2) is 48.5 Å².